The molecule has 8 nitrogen and oxygen atoms in total. The van der Waals surface area contributed by atoms with Crippen LogP contribution in [0.3, 0.4) is 0 Å². The number of phenolic OH excluding ortho intramolecular Hbond substituents is 1. The van der Waals surface area contributed by atoms with Crippen molar-refractivity contribution in [1.29, 1.82) is 0 Å². The third-order valence-corrected chi connectivity index (χ3v) is 9.31. The molecule has 0 radical (unpaired) electrons. The zero-order valence-corrected chi connectivity index (χ0v) is 22.3. The molecule has 2 aliphatic heterocycles. The Balaban J connectivity index is 1.54. The van der Waals surface area contributed by atoms with Crippen molar-refractivity contribution in [3.63, 3.8) is 0 Å². The fraction of sp³-hybridized carbons (Fsp3) is 0.419. The molecule has 3 fully saturated rings. The van der Waals surface area contributed by atoms with E-state index in [4.69, 9.17) is 4.74 Å². The third-order valence-electron chi connectivity index (χ3n) is 9.31. The van der Waals surface area contributed by atoms with Crippen molar-refractivity contribution in [3.8, 4) is 11.5 Å². The van der Waals surface area contributed by atoms with Crippen molar-refractivity contribution >= 4 is 29.3 Å². The number of anilines is 1. The number of carbonyl (C=O) groups excluding carboxylic acids is 4. The molecular weight excluding hydrogens is 496 g/mol. The number of amides is 4. The summed E-state index contributed by atoms with van der Waals surface area (Å²) in [5.41, 5.74) is 1.04. The molecule has 0 spiro atoms. The van der Waals surface area contributed by atoms with Crippen molar-refractivity contribution in [1.82, 2.24) is 4.90 Å². The summed E-state index contributed by atoms with van der Waals surface area (Å²) in [6.07, 6.45) is 2.76. The largest absolute Gasteiger partial charge is 0.504 e. The van der Waals surface area contributed by atoms with Crippen molar-refractivity contribution in [2.24, 2.45) is 29.1 Å². The molecular formula is C31H32N2O6. The molecule has 2 aliphatic carbocycles. The second-order valence-corrected chi connectivity index (χ2v) is 11.1. The minimum Gasteiger partial charge on any atom is -0.504 e. The van der Waals surface area contributed by atoms with E-state index in [0.717, 1.165) is 11.1 Å². The lowest BCUT2D eigenvalue weighted by atomic mass is 9.51. The molecule has 2 aromatic rings. The number of hydrogen-bond acceptors (Lipinski definition) is 6. The highest BCUT2D eigenvalue weighted by molar-refractivity contribution is 6.24. The van der Waals surface area contributed by atoms with Gasteiger partial charge in [0, 0.05) is 12.5 Å². The minimum atomic E-state index is -1.13. The lowest BCUT2D eigenvalue weighted by Crippen LogP contribution is -2.48. The Morgan fingerprint density at radius 1 is 0.974 bits per heavy atom. The summed E-state index contributed by atoms with van der Waals surface area (Å²) in [7, 11) is 0. The first kappa shape index (κ1) is 25.3. The number of likely N-dealkylation sites (tertiary alicyclic amines) is 1. The predicted molar refractivity (Wildman–Crippen MR) is 143 cm³/mol. The van der Waals surface area contributed by atoms with E-state index in [1.807, 2.05) is 26.0 Å². The lowest BCUT2D eigenvalue weighted by molar-refractivity contribution is -0.140. The van der Waals surface area contributed by atoms with Gasteiger partial charge in [0.2, 0.25) is 23.6 Å². The van der Waals surface area contributed by atoms with Crippen LogP contribution in [-0.2, 0) is 19.2 Å². The number of nitrogens with zero attached hydrogens (tertiary/aromatic N) is 2. The smallest absolute Gasteiger partial charge is 0.241 e. The number of rotatable bonds is 5. The Bertz CT molecular complexity index is 1420. The fourth-order valence-electron chi connectivity index (χ4n) is 7.58. The number of aromatic hydroxyl groups is 1. The molecule has 1 saturated carbocycles. The quantitative estimate of drug-likeness (QED) is 0.464. The highest BCUT2D eigenvalue weighted by atomic mass is 16.5. The fourth-order valence-corrected chi connectivity index (χ4v) is 7.58. The number of fused-ring (bicyclic) bond motifs is 4. The molecule has 0 bridgehead atoms. The third kappa shape index (κ3) is 3.43. The first-order valence-electron chi connectivity index (χ1n) is 13.7. The van der Waals surface area contributed by atoms with E-state index in [9.17, 15) is 24.3 Å². The van der Waals surface area contributed by atoms with Crippen LogP contribution in [0, 0.1) is 29.1 Å². The monoisotopic (exact) mass is 528 g/mol. The Morgan fingerprint density at radius 2 is 1.72 bits per heavy atom. The van der Waals surface area contributed by atoms with Crippen molar-refractivity contribution in [3.05, 3.63) is 65.7 Å². The maximum Gasteiger partial charge on any atom is 0.241 e. The summed E-state index contributed by atoms with van der Waals surface area (Å²) in [5, 5.41) is 10.4. The number of ether oxygens (including phenoxy) is 1. The van der Waals surface area contributed by atoms with Crippen LogP contribution in [0.15, 0.2) is 60.2 Å². The van der Waals surface area contributed by atoms with Crippen LogP contribution in [0.25, 0.3) is 0 Å². The average Bonchev–Trinajstić information content (AvgIpc) is 3.29. The summed E-state index contributed by atoms with van der Waals surface area (Å²) in [4.78, 5) is 57.6. The molecule has 4 amide bonds. The first-order valence-corrected chi connectivity index (χ1v) is 13.7. The van der Waals surface area contributed by atoms with Gasteiger partial charge < -0.3 is 9.84 Å². The molecule has 39 heavy (non-hydrogen) atoms. The van der Waals surface area contributed by atoms with Gasteiger partial charge in [0.05, 0.1) is 35.5 Å². The van der Waals surface area contributed by atoms with Gasteiger partial charge in [0.15, 0.2) is 11.5 Å². The Morgan fingerprint density at radius 3 is 2.41 bits per heavy atom. The molecule has 6 atom stereocenters. The van der Waals surface area contributed by atoms with Gasteiger partial charge in [-0.2, -0.15) is 0 Å². The molecule has 202 valence electrons. The summed E-state index contributed by atoms with van der Waals surface area (Å²) in [6.45, 7) is 6.13. The van der Waals surface area contributed by atoms with Crippen LogP contribution >= 0.6 is 0 Å². The number of carbonyl (C=O) groups is 4. The van der Waals surface area contributed by atoms with E-state index in [1.54, 1.807) is 49.4 Å². The summed E-state index contributed by atoms with van der Waals surface area (Å²) >= 11 is 0. The maximum absolute atomic E-state index is 14.3. The second kappa shape index (κ2) is 9.07. The van der Waals surface area contributed by atoms with Gasteiger partial charge in [0.1, 0.15) is 0 Å². The van der Waals surface area contributed by atoms with Crippen LogP contribution in [0.5, 0.6) is 11.5 Å². The summed E-state index contributed by atoms with van der Waals surface area (Å²) in [6, 6.07) is 14.0. The van der Waals surface area contributed by atoms with Crippen LogP contribution in [-0.4, -0.2) is 46.8 Å². The Hall–Kier alpha value is -3.94. The van der Waals surface area contributed by atoms with Gasteiger partial charge in [0.25, 0.3) is 0 Å². The maximum atomic E-state index is 14.3. The number of allylic oxidation sites excluding steroid dienone is 2. The van der Waals surface area contributed by atoms with Gasteiger partial charge >= 0.3 is 0 Å². The molecule has 8 heteroatoms. The highest BCUT2D eigenvalue weighted by Gasteiger charge is 2.67. The van der Waals surface area contributed by atoms with E-state index in [2.05, 4.69) is 0 Å². The van der Waals surface area contributed by atoms with Crippen LogP contribution in [0.4, 0.5) is 5.69 Å². The zero-order valence-electron chi connectivity index (χ0n) is 22.3. The molecule has 2 heterocycles. The normalized spacial score (nSPS) is 31.7. The van der Waals surface area contributed by atoms with E-state index in [1.165, 1.54) is 9.80 Å². The van der Waals surface area contributed by atoms with E-state index < -0.39 is 29.1 Å². The topological polar surface area (TPSA) is 104 Å². The Labute approximate surface area is 227 Å². The van der Waals surface area contributed by atoms with E-state index >= 15 is 0 Å². The number of benzene rings is 2. The SMILES string of the molecule is CCOc1cc(C2C3=CCC4C(=O)N(CC)C(=O)C4C3CC3C(=O)N(c4ccccc4)C(=O)C32C)ccc1O. The Kier molecular flexibility index (Phi) is 5.90. The average molecular weight is 529 g/mol. The van der Waals surface area contributed by atoms with Gasteiger partial charge in [-0.1, -0.05) is 35.9 Å². The number of para-hydroxylation sites is 1. The van der Waals surface area contributed by atoms with Crippen molar-refractivity contribution in [2.75, 3.05) is 18.1 Å². The van der Waals surface area contributed by atoms with Crippen LogP contribution in [0.1, 0.15) is 45.1 Å². The van der Waals surface area contributed by atoms with E-state index in [-0.39, 0.29) is 35.3 Å². The predicted octanol–water partition coefficient (Wildman–Crippen LogP) is 4.04. The standard InChI is InChI=1S/C31H32N2O6/c1-4-32-27(35)20-13-12-19-21(25(20)29(32)37)16-22-28(36)33(18-9-7-6-8-10-18)30(38)31(22,3)26(19)17-11-14-23(34)24(15-17)39-5-2/h6-12,14-15,20-22,25-26,34H,4-5,13,16H2,1-3H3. The minimum absolute atomic E-state index is 0.0118. The molecule has 1 N–H and O–H groups in total. The molecule has 4 aliphatic rings. The van der Waals surface area contributed by atoms with Gasteiger partial charge in [-0.25, -0.2) is 4.90 Å². The summed E-state index contributed by atoms with van der Waals surface area (Å²) in [5.74, 6) is -3.21. The van der Waals surface area contributed by atoms with Crippen molar-refractivity contribution < 1.29 is 29.0 Å². The molecule has 2 saturated heterocycles. The second-order valence-electron chi connectivity index (χ2n) is 11.1. The molecule has 0 aromatic heterocycles. The van der Waals surface area contributed by atoms with Gasteiger partial charge in [-0.05, 0) is 69.4 Å². The lowest BCUT2D eigenvalue weighted by Gasteiger charge is -2.49. The van der Waals surface area contributed by atoms with E-state index in [0.29, 0.717) is 37.4 Å². The zero-order chi connectivity index (χ0) is 27.6. The highest BCUT2D eigenvalue weighted by Crippen LogP contribution is 2.63. The van der Waals surface area contributed by atoms with Gasteiger partial charge in [-0.15, -0.1) is 0 Å². The molecule has 2 aromatic carbocycles. The van der Waals surface area contributed by atoms with Crippen LogP contribution < -0.4 is 9.64 Å². The molecule has 6 unspecified atom stereocenters. The summed E-state index contributed by atoms with van der Waals surface area (Å²) < 4.78 is 5.68. The first-order chi connectivity index (χ1) is 18.7. The number of phenols is 1. The number of hydrogen-bond donors (Lipinski definition) is 1. The van der Waals surface area contributed by atoms with Crippen molar-refractivity contribution in [2.45, 2.75) is 39.5 Å². The number of imide groups is 2. The van der Waals surface area contributed by atoms with Crippen LogP contribution in [0.2, 0.25) is 0 Å². The molecule has 6 rings (SSSR count). The van der Waals surface area contributed by atoms with Gasteiger partial charge in [-0.3, -0.25) is 24.1 Å².